The Labute approximate surface area is 72.0 Å². The Morgan fingerprint density at radius 2 is 2.67 bits per heavy atom. The van der Waals surface area contributed by atoms with E-state index in [1.54, 1.807) is 0 Å². The van der Waals surface area contributed by atoms with Crippen LogP contribution in [0, 0.1) is 0 Å². The Morgan fingerprint density at radius 3 is 3.25 bits per heavy atom. The normalized spacial score (nSPS) is 24.6. The maximum absolute atomic E-state index is 3.88. The molecule has 1 fully saturated rings. The van der Waals surface area contributed by atoms with Gasteiger partial charge in [-0.25, -0.2) is 0 Å². The van der Waals surface area contributed by atoms with Crippen molar-refractivity contribution in [3.05, 3.63) is 12.4 Å². The van der Waals surface area contributed by atoms with Gasteiger partial charge in [-0.05, 0) is 20.0 Å². The van der Waals surface area contributed by atoms with Gasteiger partial charge in [0, 0.05) is 18.8 Å². The van der Waals surface area contributed by atoms with Crippen LogP contribution in [0.1, 0.15) is 6.42 Å². The Kier molecular flexibility index (Phi) is 1.99. The molecule has 0 aliphatic carbocycles. The van der Waals surface area contributed by atoms with E-state index < -0.39 is 0 Å². The third kappa shape index (κ3) is 1.58. The van der Waals surface area contributed by atoms with Crippen molar-refractivity contribution in [2.45, 2.75) is 12.5 Å². The van der Waals surface area contributed by atoms with Gasteiger partial charge in [-0.2, -0.15) is 5.10 Å². The molecule has 4 heteroatoms. The van der Waals surface area contributed by atoms with Gasteiger partial charge >= 0.3 is 0 Å². The highest BCUT2D eigenvalue weighted by molar-refractivity contribution is 5.39. The van der Waals surface area contributed by atoms with Gasteiger partial charge in [0.25, 0.3) is 0 Å². The number of rotatable bonds is 2. The zero-order chi connectivity index (χ0) is 8.39. The minimum absolute atomic E-state index is 0.590. The maximum Gasteiger partial charge on any atom is 0.0726 e. The largest absolute Gasteiger partial charge is 0.378 e. The van der Waals surface area contributed by atoms with Crippen LogP contribution in [-0.2, 0) is 0 Å². The van der Waals surface area contributed by atoms with Crippen molar-refractivity contribution in [2.75, 3.05) is 25.5 Å². The van der Waals surface area contributed by atoms with Gasteiger partial charge in [-0.1, -0.05) is 0 Å². The Hall–Kier alpha value is -1.03. The number of H-pyrrole nitrogens is 1. The fourth-order valence-corrected chi connectivity index (χ4v) is 1.62. The zero-order valence-electron chi connectivity index (χ0n) is 7.25. The minimum atomic E-state index is 0.590. The topological polar surface area (TPSA) is 44.0 Å². The van der Waals surface area contributed by atoms with Crippen molar-refractivity contribution >= 4 is 5.69 Å². The van der Waals surface area contributed by atoms with Crippen LogP contribution in [0.15, 0.2) is 12.4 Å². The smallest absolute Gasteiger partial charge is 0.0726 e. The number of likely N-dealkylation sites (tertiary alicyclic amines) is 1. The quantitative estimate of drug-likeness (QED) is 0.673. The monoisotopic (exact) mass is 166 g/mol. The summed E-state index contributed by atoms with van der Waals surface area (Å²) in [7, 11) is 2.15. The van der Waals surface area contributed by atoms with E-state index in [-0.39, 0.29) is 0 Å². The van der Waals surface area contributed by atoms with Gasteiger partial charge in [-0.3, -0.25) is 5.10 Å². The fourth-order valence-electron chi connectivity index (χ4n) is 1.62. The van der Waals surface area contributed by atoms with Crippen molar-refractivity contribution in [3.63, 3.8) is 0 Å². The summed E-state index contributed by atoms with van der Waals surface area (Å²) in [4.78, 5) is 2.33. The lowest BCUT2D eigenvalue weighted by Gasteiger charge is -2.11. The first-order valence-electron chi connectivity index (χ1n) is 4.28. The number of nitrogens with one attached hydrogen (secondary N) is 2. The van der Waals surface area contributed by atoms with Gasteiger partial charge < -0.3 is 10.2 Å². The Balaban J connectivity index is 1.88. The molecule has 0 spiro atoms. The number of hydrogen-bond donors (Lipinski definition) is 2. The molecule has 1 aromatic heterocycles. The van der Waals surface area contributed by atoms with Gasteiger partial charge in [0.2, 0.25) is 0 Å². The van der Waals surface area contributed by atoms with E-state index in [0.29, 0.717) is 6.04 Å². The summed E-state index contributed by atoms with van der Waals surface area (Å²) >= 11 is 0. The molecule has 1 atom stereocenters. The van der Waals surface area contributed by atoms with Gasteiger partial charge in [-0.15, -0.1) is 0 Å². The molecule has 0 aromatic carbocycles. The molecule has 4 nitrogen and oxygen atoms in total. The molecule has 1 saturated heterocycles. The molecule has 1 aliphatic heterocycles. The number of aromatic nitrogens is 2. The second-order valence-electron chi connectivity index (χ2n) is 3.38. The molecular formula is C8H14N4. The van der Waals surface area contributed by atoms with E-state index in [4.69, 9.17) is 0 Å². The average molecular weight is 166 g/mol. The van der Waals surface area contributed by atoms with E-state index in [1.807, 2.05) is 12.4 Å². The van der Waals surface area contributed by atoms with E-state index in [9.17, 15) is 0 Å². The zero-order valence-corrected chi connectivity index (χ0v) is 7.25. The molecule has 2 heterocycles. The van der Waals surface area contributed by atoms with Crippen molar-refractivity contribution < 1.29 is 0 Å². The number of hydrogen-bond acceptors (Lipinski definition) is 3. The van der Waals surface area contributed by atoms with Crippen LogP contribution in [0.3, 0.4) is 0 Å². The van der Waals surface area contributed by atoms with Crippen LogP contribution >= 0.6 is 0 Å². The third-order valence-electron chi connectivity index (χ3n) is 2.26. The van der Waals surface area contributed by atoms with Crippen LogP contribution in [0.4, 0.5) is 5.69 Å². The van der Waals surface area contributed by atoms with Gasteiger partial charge in [0.05, 0.1) is 11.9 Å². The average Bonchev–Trinajstić information content (AvgIpc) is 2.63. The molecule has 0 bridgehead atoms. The first-order valence-corrected chi connectivity index (χ1v) is 4.28. The van der Waals surface area contributed by atoms with Crippen LogP contribution in [0.5, 0.6) is 0 Å². The predicted octanol–water partition coefficient (Wildman–Crippen LogP) is 0.526. The molecule has 1 unspecified atom stereocenters. The maximum atomic E-state index is 3.88. The van der Waals surface area contributed by atoms with Crippen LogP contribution in [0.2, 0.25) is 0 Å². The Morgan fingerprint density at radius 1 is 1.75 bits per heavy atom. The van der Waals surface area contributed by atoms with Crippen LogP contribution in [-0.4, -0.2) is 41.3 Å². The number of anilines is 1. The molecule has 0 saturated carbocycles. The number of aromatic amines is 1. The van der Waals surface area contributed by atoms with Crippen LogP contribution < -0.4 is 5.32 Å². The lowest BCUT2D eigenvalue weighted by Crippen LogP contribution is -2.23. The molecule has 1 aliphatic rings. The molecule has 66 valence electrons. The SMILES string of the molecule is CN1CCC(Nc2cn[nH]c2)C1. The van der Waals surface area contributed by atoms with Crippen molar-refractivity contribution in [2.24, 2.45) is 0 Å². The van der Waals surface area contributed by atoms with E-state index in [2.05, 4.69) is 27.5 Å². The summed E-state index contributed by atoms with van der Waals surface area (Å²) in [6.07, 6.45) is 4.93. The summed E-state index contributed by atoms with van der Waals surface area (Å²) in [5.74, 6) is 0. The highest BCUT2D eigenvalue weighted by Gasteiger charge is 2.18. The predicted molar refractivity (Wildman–Crippen MR) is 48.1 cm³/mol. The summed E-state index contributed by atoms with van der Waals surface area (Å²) < 4.78 is 0. The molecule has 0 radical (unpaired) electrons. The molecule has 2 N–H and O–H groups in total. The van der Waals surface area contributed by atoms with Crippen molar-refractivity contribution in [1.82, 2.24) is 15.1 Å². The highest BCUT2D eigenvalue weighted by Crippen LogP contribution is 2.12. The van der Waals surface area contributed by atoms with Crippen LogP contribution in [0.25, 0.3) is 0 Å². The number of nitrogens with zero attached hydrogens (tertiary/aromatic N) is 2. The minimum Gasteiger partial charge on any atom is -0.378 e. The van der Waals surface area contributed by atoms with E-state index in [1.165, 1.54) is 13.0 Å². The first kappa shape index (κ1) is 7.61. The number of likely N-dealkylation sites (N-methyl/N-ethyl adjacent to an activating group) is 1. The summed E-state index contributed by atoms with van der Waals surface area (Å²) in [5.41, 5.74) is 1.09. The molecule has 2 rings (SSSR count). The molecule has 12 heavy (non-hydrogen) atoms. The van der Waals surface area contributed by atoms with Crippen molar-refractivity contribution in [3.8, 4) is 0 Å². The van der Waals surface area contributed by atoms with E-state index in [0.717, 1.165) is 12.2 Å². The highest BCUT2D eigenvalue weighted by atomic mass is 15.2. The van der Waals surface area contributed by atoms with Crippen molar-refractivity contribution in [1.29, 1.82) is 0 Å². The summed E-state index contributed by atoms with van der Waals surface area (Å²) in [5, 5.41) is 10.1. The molecule has 1 aromatic rings. The second-order valence-corrected chi connectivity index (χ2v) is 3.38. The lowest BCUT2D eigenvalue weighted by molar-refractivity contribution is 0.414. The van der Waals surface area contributed by atoms with Gasteiger partial charge in [0.1, 0.15) is 0 Å². The molecule has 0 amide bonds. The van der Waals surface area contributed by atoms with Gasteiger partial charge in [0.15, 0.2) is 0 Å². The Bertz CT molecular complexity index is 231. The fraction of sp³-hybridized carbons (Fsp3) is 0.625. The standard InChI is InChI=1S/C8H14N4/c1-12-3-2-7(6-12)11-8-4-9-10-5-8/h4-5,7,11H,2-3,6H2,1H3,(H,9,10). The molecular weight excluding hydrogens is 152 g/mol. The summed E-state index contributed by atoms with van der Waals surface area (Å²) in [6, 6.07) is 0.590. The second kappa shape index (κ2) is 3.15. The lowest BCUT2D eigenvalue weighted by atomic mass is 10.2. The van der Waals surface area contributed by atoms with E-state index >= 15 is 0 Å². The summed E-state index contributed by atoms with van der Waals surface area (Å²) in [6.45, 7) is 2.32. The third-order valence-corrected chi connectivity index (χ3v) is 2.26. The first-order chi connectivity index (χ1) is 5.84.